The number of hydrogen-bond donors (Lipinski definition) is 0. The van der Waals surface area contributed by atoms with E-state index in [-0.39, 0.29) is 10.8 Å². The van der Waals surface area contributed by atoms with Crippen LogP contribution in [-0.2, 0) is 0 Å². The standard InChI is InChI=1S/C16H29FS/c1-9-16(8,12-14(3,4)5)11-10-13(2)15(6,7)18-17/h9H,1-2,10-12H2,3-8H3. The summed E-state index contributed by atoms with van der Waals surface area (Å²) in [6.07, 6.45) is 4.96. The molecule has 0 aliphatic carbocycles. The first kappa shape index (κ1) is 17.8. The summed E-state index contributed by atoms with van der Waals surface area (Å²) in [6.45, 7) is 20.7. The second-order valence-corrected chi connectivity index (χ2v) is 8.46. The molecule has 0 heterocycles. The van der Waals surface area contributed by atoms with Crippen LogP contribution in [0, 0.1) is 10.8 Å². The molecule has 0 saturated carbocycles. The first-order valence-corrected chi connectivity index (χ1v) is 7.29. The molecule has 18 heavy (non-hydrogen) atoms. The maximum atomic E-state index is 12.8. The molecular weight excluding hydrogens is 243 g/mol. The van der Waals surface area contributed by atoms with Crippen molar-refractivity contribution in [2.75, 3.05) is 0 Å². The largest absolute Gasteiger partial charge is 0.164 e. The third-order valence-corrected chi connectivity index (χ3v) is 4.14. The SMILES string of the molecule is C=CC(C)(CCC(=C)C(C)(C)SF)CC(C)(C)C. The average molecular weight is 272 g/mol. The summed E-state index contributed by atoms with van der Waals surface area (Å²) in [5.74, 6) is 0. The van der Waals surface area contributed by atoms with E-state index < -0.39 is 4.75 Å². The van der Waals surface area contributed by atoms with Gasteiger partial charge in [0.25, 0.3) is 0 Å². The lowest BCUT2D eigenvalue weighted by molar-refractivity contribution is 0.229. The van der Waals surface area contributed by atoms with Gasteiger partial charge in [0.05, 0.1) is 16.9 Å². The topological polar surface area (TPSA) is 0 Å². The Morgan fingerprint density at radius 1 is 1.17 bits per heavy atom. The fourth-order valence-electron chi connectivity index (χ4n) is 2.27. The normalized spacial score (nSPS) is 16.2. The zero-order valence-corrected chi connectivity index (χ0v) is 13.7. The van der Waals surface area contributed by atoms with Gasteiger partial charge < -0.3 is 0 Å². The van der Waals surface area contributed by atoms with Crippen LogP contribution in [0.25, 0.3) is 0 Å². The Bertz CT molecular complexity index is 299. The zero-order valence-electron chi connectivity index (χ0n) is 12.9. The Labute approximate surface area is 117 Å². The van der Waals surface area contributed by atoms with Crippen LogP contribution in [0.5, 0.6) is 0 Å². The molecule has 0 aromatic rings. The lowest BCUT2D eigenvalue weighted by Gasteiger charge is -2.34. The molecule has 0 saturated heterocycles. The maximum absolute atomic E-state index is 12.8. The van der Waals surface area contributed by atoms with E-state index in [0.717, 1.165) is 24.8 Å². The van der Waals surface area contributed by atoms with E-state index in [0.29, 0.717) is 12.1 Å². The minimum Gasteiger partial charge on any atom is -0.164 e. The van der Waals surface area contributed by atoms with Crippen molar-refractivity contribution in [2.45, 2.75) is 65.6 Å². The van der Waals surface area contributed by atoms with Crippen LogP contribution >= 0.6 is 12.1 Å². The fraction of sp³-hybridized carbons (Fsp3) is 0.750. The summed E-state index contributed by atoms with van der Waals surface area (Å²) in [7, 11) is 0. The molecule has 106 valence electrons. The van der Waals surface area contributed by atoms with E-state index in [2.05, 4.69) is 40.9 Å². The smallest absolute Gasteiger partial charge is 0.0624 e. The summed E-state index contributed by atoms with van der Waals surface area (Å²) in [4.78, 5) is 0. The van der Waals surface area contributed by atoms with Crippen LogP contribution in [0.15, 0.2) is 24.8 Å². The van der Waals surface area contributed by atoms with E-state index in [9.17, 15) is 3.89 Å². The van der Waals surface area contributed by atoms with Crippen molar-refractivity contribution in [3.8, 4) is 0 Å². The van der Waals surface area contributed by atoms with E-state index in [1.54, 1.807) is 0 Å². The number of hydrogen-bond acceptors (Lipinski definition) is 1. The lowest BCUT2D eigenvalue weighted by Crippen LogP contribution is -2.24. The van der Waals surface area contributed by atoms with Crippen molar-refractivity contribution in [3.05, 3.63) is 24.8 Å². The van der Waals surface area contributed by atoms with E-state index in [1.165, 1.54) is 0 Å². The van der Waals surface area contributed by atoms with Gasteiger partial charge in [-0.1, -0.05) is 45.9 Å². The van der Waals surface area contributed by atoms with Gasteiger partial charge in [-0.15, -0.1) is 6.58 Å². The Hall–Kier alpha value is -0.240. The van der Waals surface area contributed by atoms with Crippen LogP contribution in [0.3, 0.4) is 0 Å². The quantitative estimate of drug-likeness (QED) is 0.487. The molecule has 0 aromatic carbocycles. The van der Waals surface area contributed by atoms with E-state index in [4.69, 9.17) is 0 Å². The Morgan fingerprint density at radius 3 is 2.00 bits per heavy atom. The predicted molar refractivity (Wildman–Crippen MR) is 83.5 cm³/mol. The van der Waals surface area contributed by atoms with Crippen molar-refractivity contribution >= 4 is 12.1 Å². The molecule has 0 bridgehead atoms. The Kier molecular flexibility index (Phi) is 6.19. The van der Waals surface area contributed by atoms with Crippen LogP contribution < -0.4 is 0 Å². The van der Waals surface area contributed by atoms with Crippen molar-refractivity contribution in [1.82, 2.24) is 0 Å². The molecule has 1 atom stereocenters. The van der Waals surface area contributed by atoms with Crippen LogP contribution in [0.4, 0.5) is 3.89 Å². The zero-order chi connectivity index (χ0) is 14.6. The molecule has 1 unspecified atom stereocenters. The molecule has 0 aromatic heterocycles. The van der Waals surface area contributed by atoms with Crippen molar-refractivity contribution in [1.29, 1.82) is 0 Å². The van der Waals surface area contributed by atoms with Gasteiger partial charge in [-0.05, 0) is 43.9 Å². The van der Waals surface area contributed by atoms with Crippen molar-refractivity contribution in [3.63, 3.8) is 0 Å². The maximum Gasteiger partial charge on any atom is 0.0624 e. The summed E-state index contributed by atoms with van der Waals surface area (Å²) in [6, 6.07) is 0. The predicted octanol–water partition coefficient (Wildman–Crippen LogP) is 6.35. The van der Waals surface area contributed by atoms with E-state index >= 15 is 0 Å². The highest BCUT2D eigenvalue weighted by atomic mass is 32.2. The van der Waals surface area contributed by atoms with E-state index in [1.807, 2.05) is 19.9 Å². The van der Waals surface area contributed by atoms with Crippen LogP contribution in [0.1, 0.15) is 60.8 Å². The molecule has 0 aliphatic rings. The summed E-state index contributed by atoms with van der Waals surface area (Å²) in [5.41, 5.74) is 1.34. The first-order chi connectivity index (χ1) is 7.96. The van der Waals surface area contributed by atoms with Gasteiger partial charge in [0.1, 0.15) is 0 Å². The van der Waals surface area contributed by atoms with Gasteiger partial charge in [0.15, 0.2) is 0 Å². The molecule has 0 nitrogen and oxygen atoms in total. The monoisotopic (exact) mass is 272 g/mol. The molecule has 0 fully saturated rings. The molecule has 0 radical (unpaired) electrons. The fourth-order valence-corrected chi connectivity index (χ4v) is 2.48. The van der Waals surface area contributed by atoms with Gasteiger partial charge in [0.2, 0.25) is 0 Å². The highest BCUT2D eigenvalue weighted by Gasteiger charge is 2.29. The van der Waals surface area contributed by atoms with Gasteiger partial charge in [-0.3, -0.25) is 0 Å². The van der Waals surface area contributed by atoms with Gasteiger partial charge in [-0.25, -0.2) is 0 Å². The third kappa shape index (κ3) is 6.08. The van der Waals surface area contributed by atoms with Crippen molar-refractivity contribution in [2.24, 2.45) is 10.8 Å². The second-order valence-electron chi connectivity index (χ2n) is 7.29. The van der Waals surface area contributed by atoms with Gasteiger partial charge in [0, 0.05) is 0 Å². The lowest BCUT2D eigenvalue weighted by atomic mass is 9.72. The Balaban J connectivity index is 4.58. The first-order valence-electron chi connectivity index (χ1n) is 6.57. The summed E-state index contributed by atoms with van der Waals surface area (Å²) in [5, 5.41) is 0. The van der Waals surface area contributed by atoms with Gasteiger partial charge >= 0.3 is 0 Å². The number of allylic oxidation sites excluding steroid dienone is 1. The highest BCUT2D eigenvalue weighted by Crippen LogP contribution is 2.41. The minimum atomic E-state index is -0.482. The second kappa shape index (κ2) is 6.27. The molecule has 2 heteroatoms. The summed E-state index contributed by atoms with van der Waals surface area (Å²) >= 11 is 0.381. The minimum absolute atomic E-state index is 0.0955. The third-order valence-electron chi connectivity index (χ3n) is 3.47. The molecule has 0 spiro atoms. The summed E-state index contributed by atoms with van der Waals surface area (Å²) < 4.78 is 12.3. The highest BCUT2D eigenvalue weighted by molar-refractivity contribution is 7.95. The molecular formula is C16H29FS. The molecule has 0 N–H and O–H groups in total. The Morgan fingerprint density at radius 2 is 1.67 bits per heavy atom. The van der Waals surface area contributed by atoms with Crippen LogP contribution in [0.2, 0.25) is 0 Å². The molecule has 0 amide bonds. The molecule has 0 aliphatic heterocycles. The van der Waals surface area contributed by atoms with Crippen molar-refractivity contribution < 1.29 is 3.89 Å². The number of rotatable bonds is 7. The van der Waals surface area contributed by atoms with Gasteiger partial charge in [-0.2, -0.15) is 3.89 Å². The number of halogens is 1. The van der Waals surface area contributed by atoms with Crippen LogP contribution in [-0.4, -0.2) is 4.75 Å². The molecule has 0 rings (SSSR count). The average Bonchev–Trinajstić information content (AvgIpc) is 2.23.